The molecule has 1 fully saturated rings. The van der Waals surface area contributed by atoms with E-state index in [0.717, 1.165) is 12.8 Å². The van der Waals surface area contributed by atoms with E-state index in [0.29, 0.717) is 12.3 Å². The first kappa shape index (κ1) is 13.4. The van der Waals surface area contributed by atoms with Gasteiger partial charge in [0, 0.05) is 19.3 Å². The van der Waals surface area contributed by atoms with Gasteiger partial charge in [-0.25, -0.2) is 0 Å². The Labute approximate surface area is 111 Å². The van der Waals surface area contributed by atoms with Crippen molar-refractivity contribution in [1.82, 2.24) is 14.7 Å². The molecule has 19 heavy (non-hydrogen) atoms. The Hall–Kier alpha value is -2.05. The average Bonchev–Trinajstić information content (AvgIpc) is 3.11. The number of nitrogens with zero attached hydrogens (tertiary/aromatic N) is 3. The van der Waals surface area contributed by atoms with Crippen molar-refractivity contribution in [2.75, 3.05) is 18.9 Å². The van der Waals surface area contributed by atoms with Crippen LogP contribution in [0.5, 0.6) is 0 Å². The van der Waals surface area contributed by atoms with Crippen LogP contribution < -0.4 is 5.73 Å². The Morgan fingerprint density at radius 2 is 2.26 bits per heavy atom. The number of hydrogen-bond acceptors (Lipinski definition) is 5. The van der Waals surface area contributed by atoms with Crippen LogP contribution in [0.4, 0.5) is 5.69 Å². The average molecular weight is 266 g/mol. The molecule has 1 aromatic rings. The first-order valence-electron chi connectivity index (χ1n) is 6.28. The molecule has 2 rings (SSSR count). The monoisotopic (exact) mass is 266 g/mol. The molecule has 7 heteroatoms. The van der Waals surface area contributed by atoms with Gasteiger partial charge in [-0.15, -0.1) is 0 Å². The van der Waals surface area contributed by atoms with Crippen molar-refractivity contribution in [3.05, 3.63) is 11.9 Å². The lowest BCUT2D eigenvalue weighted by atomic mass is 10.3. The van der Waals surface area contributed by atoms with Gasteiger partial charge in [-0.05, 0) is 19.8 Å². The van der Waals surface area contributed by atoms with Gasteiger partial charge < -0.3 is 15.4 Å². The van der Waals surface area contributed by atoms with Gasteiger partial charge in [0.1, 0.15) is 6.54 Å². The summed E-state index contributed by atoms with van der Waals surface area (Å²) in [6.45, 7) is 1.99. The highest BCUT2D eigenvalue weighted by molar-refractivity contribution is 5.98. The van der Waals surface area contributed by atoms with E-state index in [-0.39, 0.29) is 24.2 Å². The number of aryl methyl sites for hydroxylation is 1. The number of amides is 1. The minimum Gasteiger partial charge on any atom is -0.465 e. The summed E-state index contributed by atoms with van der Waals surface area (Å²) >= 11 is 0. The van der Waals surface area contributed by atoms with Crippen LogP contribution in [0.3, 0.4) is 0 Å². The lowest BCUT2D eigenvalue weighted by Crippen LogP contribution is -2.38. The van der Waals surface area contributed by atoms with Gasteiger partial charge in [-0.3, -0.25) is 14.3 Å². The molecule has 7 nitrogen and oxygen atoms in total. The topological polar surface area (TPSA) is 90.5 Å². The Morgan fingerprint density at radius 3 is 2.74 bits per heavy atom. The van der Waals surface area contributed by atoms with Gasteiger partial charge in [0.2, 0.25) is 0 Å². The van der Waals surface area contributed by atoms with Crippen molar-refractivity contribution in [2.24, 2.45) is 7.05 Å². The molecule has 0 saturated heterocycles. The Balaban J connectivity index is 2.13. The molecule has 1 saturated carbocycles. The molecule has 1 aliphatic rings. The fourth-order valence-electron chi connectivity index (χ4n) is 1.91. The zero-order valence-electron chi connectivity index (χ0n) is 11.1. The predicted molar refractivity (Wildman–Crippen MR) is 68.3 cm³/mol. The second-order valence-electron chi connectivity index (χ2n) is 4.58. The maximum Gasteiger partial charge on any atom is 0.325 e. The molecule has 1 heterocycles. The molecule has 1 aliphatic carbocycles. The molecule has 1 aromatic heterocycles. The van der Waals surface area contributed by atoms with Crippen molar-refractivity contribution in [1.29, 1.82) is 0 Å². The van der Waals surface area contributed by atoms with Crippen LogP contribution >= 0.6 is 0 Å². The number of rotatable bonds is 5. The first-order valence-corrected chi connectivity index (χ1v) is 6.28. The third-order valence-electron chi connectivity index (χ3n) is 2.91. The summed E-state index contributed by atoms with van der Waals surface area (Å²) in [5, 5.41) is 4.04. The second-order valence-corrected chi connectivity index (χ2v) is 4.58. The number of carbonyl (C=O) groups excluding carboxylic acids is 2. The van der Waals surface area contributed by atoms with Crippen molar-refractivity contribution in [3.8, 4) is 0 Å². The standard InChI is InChI=1S/C12H18N4O3/c1-3-19-10(17)7-16(8-4-5-8)12(18)11-9(13)6-15(2)14-11/h6,8H,3-5,7,13H2,1-2H3. The third kappa shape index (κ3) is 3.04. The summed E-state index contributed by atoms with van der Waals surface area (Å²) < 4.78 is 6.37. The van der Waals surface area contributed by atoms with Gasteiger partial charge in [0.15, 0.2) is 5.69 Å². The van der Waals surface area contributed by atoms with Crippen LogP contribution in [0.25, 0.3) is 0 Å². The third-order valence-corrected chi connectivity index (χ3v) is 2.91. The highest BCUT2D eigenvalue weighted by atomic mass is 16.5. The number of aromatic nitrogens is 2. The fourth-order valence-corrected chi connectivity index (χ4v) is 1.91. The van der Waals surface area contributed by atoms with Gasteiger partial charge >= 0.3 is 5.97 Å². The lowest BCUT2D eigenvalue weighted by Gasteiger charge is -2.20. The van der Waals surface area contributed by atoms with Crippen LogP contribution in [-0.2, 0) is 16.6 Å². The van der Waals surface area contributed by atoms with E-state index in [1.54, 1.807) is 20.2 Å². The van der Waals surface area contributed by atoms with E-state index in [2.05, 4.69) is 5.10 Å². The first-order chi connectivity index (χ1) is 9.02. The molecule has 2 N–H and O–H groups in total. The summed E-state index contributed by atoms with van der Waals surface area (Å²) in [6.07, 6.45) is 3.37. The van der Waals surface area contributed by atoms with Crippen LogP contribution in [0, 0.1) is 0 Å². The minimum absolute atomic E-state index is 0.0483. The number of nitrogens with two attached hydrogens (primary N) is 1. The summed E-state index contributed by atoms with van der Waals surface area (Å²) in [4.78, 5) is 25.4. The second kappa shape index (κ2) is 5.29. The van der Waals surface area contributed by atoms with E-state index < -0.39 is 5.97 Å². The number of esters is 1. The van der Waals surface area contributed by atoms with Crippen LogP contribution in [0.1, 0.15) is 30.3 Å². The zero-order chi connectivity index (χ0) is 14.0. The summed E-state index contributed by atoms with van der Waals surface area (Å²) in [5.74, 6) is -0.717. The quantitative estimate of drug-likeness (QED) is 0.767. The summed E-state index contributed by atoms with van der Waals surface area (Å²) in [7, 11) is 1.69. The number of hydrogen-bond donors (Lipinski definition) is 1. The number of anilines is 1. The lowest BCUT2D eigenvalue weighted by molar-refractivity contribution is -0.144. The van der Waals surface area contributed by atoms with E-state index >= 15 is 0 Å². The molecule has 0 bridgehead atoms. The van der Waals surface area contributed by atoms with Crippen LogP contribution in [0.2, 0.25) is 0 Å². The highest BCUT2D eigenvalue weighted by Gasteiger charge is 2.36. The summed E-state index contributed by atoms with van der Waals surface area (Å²) in [5.41, 5.74) is 6.26. The molecule has 0 spiro atoms. The molecule has 104 valence electrons. The molecular weight excluding hydrogens is 248 g/mol. The van der Waals surface area contributed by atoms with Crippen molar-refractivity contribution in [2.45, 2.75) is 25.8 Å². The maximum absolute atomic E-state index is 12.4. The Kier molecular flexibility index (Phi) is 3.73. The van der Waals surface area contributed by atoms with Gasteiger partial charge in [-0.1, -0.05) is 0 Å². The Morgan fingerprint density at radius 1 is 1.58 bits per heavy atom. The van der Waals surface area contributed by atoms with Gasteiger partial charge in [-0.2, -0.15) is 5.10 Å². The predicted octanol–water partition coefficient (Wildman–Crippen LogP) is 0.170. The maximum atomic E-state index is 12.4. The Bertz CT molecular complexity index is 493. The van der Waals surface area contributed by atoms with Gasteiger partial charge in [0.05, 0.1) is 12.3 Å². The van der Waals surface area contributed by atoms with E-state index in [4.69, 9.17) is 10.5 Å². The minimum atomic E-state index is -0.405. The molecule has 0 aromatic carbocycles. The van der Waals surface area contributed by atoms with E-state index in [9.17, 15) is 9.59 Å². The fraction of sp³-hybridized carbons (Fsp3) is 0.583. The van der Waals surface area contributed by atoms with Crippen molar-refractivity contribution < 1.29 is 14.3 Å². The zero-order valence-corrected chi connectivity index (χ0v) is 11.1. The largest absolute Gasteiger partial charge is 0.465 e. The van der Waals surface area contributed by atoms with Gasteiger partial charge in [0.25, 0.3) is 5.91 Å². The normalized spacial score (nSPS) is 14.2. The smallest absolute Gasteiger partial charge is 0.325 e. The van der Waals surface area contributed by atoms with Crippen LogP contribution in [0.15, 0.2) is 6.20 Å². The SMILES string of the molecule is CCOC(=O)CN(C(=O)c1nn(C)cc1N)C1CC1. The molecule has 0 atom stereocenters. The molecule has 1 amide bonds. The molecular formula is C12H18N4O3. The number of carbonyl (C=O) groups is 2. The number of nitrogen functional groups attached to an aromatic ring is 1. The molecule has 0 unspecified atom stereocenters. The van der Waals surface area contributed by atoms with Crippen LogP contribution in [-0.4, -0.2) is 45.8 Å². The summed E-state index contributed by atoms with van der Waals surface area (Å²) in [6, 6.07) is 0.0957. The van der Waals surface area contributed by atoms with Crippen molar-refractivity contribution in [3.63, 3.8) is 0 Å². The highest BCUT2D eigenvalue weighted by Crippen LogP contribution is 2.28. The van der Waals surface area contributed by atoms with E-state index in [1.807, 2.05) is 0 Å². The number of ether oxygens (including phenoxy) is 1. The van der Waals surface area contributed by atoms with E-state index in [1.165, 1.54) is 9.58 Å². The molecule has 0 radical (unpaired) electrons. The van der Waals surface area contributed by atoms with Crippen molar-refractivity contribution >= 4 is 17.6 Å². The molecule has 0 aliphatic heterocycles.